The van der Waals surface area contributed by atoms with E-state index in [9.17, 15) is 18.0 Å². The predicted octanol–water partition coefficient (Wildman–Crippen LogP) is 4.48. The maximum absolute atomic E-state index is 14.4. The van der Waals surface area contributed by atoms with Crippen molar-refractivity contribution in [3.8, 4) is 5.75 Å². The molecule has 0 aliphatic carbocycles. The highest BCUT2D eigenvalue weighted by Gasteiger charge is 2.36. The van der Waals surface area contributed by atoms with E-state index in [0.29, 0.717) is 17.0 Å². The predicted molar refractivity (Wildman–Crippen MR) is 171 cm³/mol. The van der Waals surface area contributed by atoms with Gasteiger partial charge in [0, 0.05) is 32.6 Å². The van der Waals surface area contributed by atoms with Crippen molar-refractivity contribution in [1.82, 2.24) is 14.5 Å². The Bertz CT molecular complexity index is 1520. The molecule has 0 fully saturated rings. The van der Waals surface area contributed by atoms with Crippen LogP contribution in [0.2, 0.25) is 0 Å². The summed E-state index contributed by atoms with van der Waals surface area (Å²) in [5.74, 6) is -0.239. The zero-order valence-corrected chi connectivity index (χ0v) is 27.2. The van der Waals surface area contributed by atoms with E-state index >= 15 is 0 Å². The molecule has 0 spiro atoms. The van der Waals surface area contributed by atoms with Gasteiger partial charge < -0.3 is 15.0 Å². The normalized spacial score (nSPS) is 12.5. The SMILES string of the molecule is COc1cccc(CN(C(=O)CN(c2cc(C)ccc2C)S(=O)(=O)N(C)C)[C@@H](Cc2ccccc2)C(=O)NC(C)(C)C)c1. The fourth-order valence-electron chi connectivity index (χ4n) is 4.66. The van der Waals surface area contributed by atoms with Crippen molar-refractivity contribution in [3.63, 3.8) is 0 Å². The summed E-state index contributed by atoms with van der Waals surface area (Å²) in [5.41, 5.74) is 3.01. The van der Waals surface area contributed by atoms with Crippen LogP contribution in [0.1, 0.15) is 43.0 Å². The average Bonchev–Trinajstić information content (AvgIpc) is 2.94. The standard InChI is InChI=1S/C33H44N4O5S/c1-24-17-18-25(2)29(19-24)37(43(40,41)35(6)7)23-31(38)36(22-27-15-12-16-28(20-27)42-8)30(32(39)34-33(3,4)5)21-26-13-10-9-11-14-26/h9-20,30H,21-23H2,1-8H3,(H,34,39)/t30-/m0/s1. The highest BCUT2D eigenvalue weighted by molar-refractivity contribution is 7.90. The van der Waals surface area contributed by atoms with Gasteiger partial charge in [0.25, 0.3) is 0 Å². The first-order valence-corrected chi connectivity index (χ1v) is 15.6. The molecule has 10 heteroatoms. The Morgan fingerprint density at radius 1 is 0.907 bits per heavy atom. The van der Waals surface area contributed by atoms with E-state index in [1.807, 2.05) is 82.3 Å². The Kier molecular flexibility index (Phi) is 11.0. The molecule has 9 nitrogen and oxygen atoms in total. The summed E-state index contributed by atoms with van der Waals surface area (Å²) < 4.78 is 34.9. The molecule has 0 aliphatic heterocycles. The van der Waals surface area contributed by atoms with E-state index in [2.05, 4.69) is 5.32 Å². The van der Waals surface area contributed by atoms with Crippen molar-refractivity contribution in [1.29, 1.82) is 0 Å². The lowest BCUT2D eigenvalue weighted by molar-refractivity contribution is -0.140. The Balaban J connectivity index is 2.16. The van der Waals surface area contributed by atoms with Crippen LogP contribution in [0.4, 0.5) is 5.69 Å². The van der Waals surface area contributed by atoms with E-state index in [0.717, 1.165) is 25.3 Å². The van der Waals surface area contributed by atoms with E-state index in [4.69, 9.17) is 4.74 Å². The Hall–Kier alpha value is -3.89. The third-order valence-electron chi connectivity index (χ3n) is 6.91. The molecule has 2 amide bonds. The molecular formula is C33H44N4O5S. The summed E-state index contributed by atoms with van der Waals surface area (Å²) >= 11 is 0. The third-order valence-corrected chi connectivity index (χ3v) is 8.71. The van der Waals surface area contributed by atoms with Crippen molar-refractivity contribution in [2.45, 2.75) is 59.2 Å². The van der Waals surface area contributed by atoms with Crippen LogP contribution in [-0.2, 0) is 32.8 Å². The molecule has 0 saturated heterocycles. The summed E-state index contributed by atoms with van der Waals surface area (Å²) in [4.78, 5) is 29.8. The maximum Gasteiger partial charge on any atom is 0.304 e. The van der Waals surface area contributed by atoms with E-state index in [1.54, 1.807) is 32.2 Å². The fraction of sp³-hybridized carbons (Fsp3) is 0.394. The van der Waals surface area contributed by atoms with Crippen LogP contribution in [0.5, 0.6) is 5.75 Å². The van der Waals surface area contributed by atoms with Crippen LogP contribution in [-0.4, -0.2) is 68.8 Å². The Morgan fingerprint density at radius 2 is 1.56 bits per heavy atom. The number of nitrogens with one attached hydrogen (secondary N) is 1. The number of anilines is 1. The van der Waals surface area contributed by atoms with Gasteiger partial charge in [-0.25, -0.2) is 4.31 Å². The second kappa shape index (κ2) is 14.1. The third kappa shape index (κ3) is 9.05. The minimum atomic E-state index is -4.08. The van der Waals surface area contributed by atoms with Crippen molar-refractivity contribution < 1.29 is 22.7 Å². The molecule has 0 saturated carbocycles. The first-order valence-electron chi connectivity index (χ1n) is 14.2. The Labute approximate surface area is 256 Å². The van der Waals surface area contributed by atoms with E-state index < -0.39 is 34.2 Å². The highest BCUT2D eigenvalue weighted by Crippen LogP contribution is 2.27. The number of rotatable bonds is 12. The average molecular weight is 609 g/mol. The first kappa shape index (κ1) is 33.6. The number of ether oxygens (including phenoxy) is 1. The van der Waals surface area contributed by atoms with Gasteiger partial charge in [0.2, 0.25) is 11.8 Å². The van der Waals surface area contributed by atoms with Gasteiger partial charge in [-0.1, -0.05) is 54.6 Å². The summed E-state index contributed by atoms with van der Waals surface area (Å²) in [7, 11) is 0.345. The molecule has 0 heterocycles. The van der Waals surface area contributed by atoms with Gasteiger partial charge >= 0.3 is 10.2 Å². The van der Waals surface area contributed by atoms with Crippen LogP contribution in [0.3, 0.4) is 0 Å². The number of methoxy groups -OCH3 is 1. The van der Waals surface area contributed by atoms with Crippen molar-refractivity contribution in [3.05, 3.63) is 95.1 Å². The van der Waals surface area contributed by atoms with Gasteiger partial charge in [0.15, 0.2) is 0 Å². The van der Waals surface area contributed by atoms with Gasteiger partial charge in [0.1, 0.15) is 18.3 Å². The second-order valence-electron chi connectivity index (χ2n) is 11.9. The molecule has 3 rings (SSSR count). The number of benzene rings is 3. The monoisotopic (exact) mass is 608 g/mol. The summed E-state index contributed by atoms with van der Waals surface area (Å²) in [6.07, 6.45) is 0.238. The molecule has 232 valence electrons. The highest BCUT2D eigenvalue weighted by atomic mass is 32.2. The van der Waals surface area contributed by atoms with Crippen molar-refractivity contribution >= 4 is 27.7 Å². The maximum atomic E-state index is 14.4. The molecule has 0 aromatic heterocycles. The van der Waals surface area contributed by atoms with Crippen LogP contribution < -0.4 is 14.4 Å². The summed E-state index contributed by atoms with van der Waals surface area (Å²) in [6.45, 7) is 8.88. The largest absolute Gasteiger partial charge is 0.497 e. The quantitative estimate of drug-likeness (QED) is 0.327. The Morgan fingerprint density at radius 3 is 2.16 bits per heavy atom. The number of carbonyl (C=O) groups excluding carboxylic acids is 2. The van der Waals surface area contributed by atoms with E-state index in [-0.39, 0.29) is 18.9 Å². The lowest BCUT2D eigenvalue weighted by Crippen LogP contribution is -2.56. The molecule has 0 aliphatic rings. The number of hydrogen-bond donors (Lipinski definition) is 1. The number of amides is 2. The van der Waals surface area contributed by atoms with Crippen molar-refractivity contribution in [2.75, 3.05) is 32.1 Å². The molecule has 1 atom stereocenters. The summed E-state index contributed by atoms with van der Waals surface area (Å²) in [6, 6.07) is 21.3. The molecule has 43 heavy (non-hydrogen) atoms. The lowest BCUT2D eigenvalue weighted by atomic mass is 10.0. The zero-order valence-electron chi connectivity index (χ0n) is 26.4. The van der Waals surface area contributed by atoms with Gasteiger partial charge in [-0.15, -0.1) is 0 Å². The molecular weight excluding hydrogens is 564 g/mol. The van der Waals surface area contributed by atoms with E-state index in [1.165, 1.54) is 19.0 Å². The number of carbonyl (C=O) groups is 2. The van der Waals surface area contributed by atoms with Crippen LogP contribution in [0.25, 0.3) is 0 Å². The van der Waals surface area contributed by atoms with Gasteiger partial charge in [-0.3, -0.25) is 9.59 Å². The molecule has 3 aromatic rings. The first-order chi connectivity index (χ1) is 20.1. The molecule has 0 bridgehead atoms. The number of nitrogens with zero attached hydrogens (tertiary/aromatic N) is 3. The van der Waals surface area contributed by atoms with Crippen LogP contribution >= 0.6 is 0 Å². The van der Waals surface area contributed by atoms with Crippen molar-refractivity contribution in [2.24, 2.45) is 0 Å². The smallest absolute Gasteiger partial charge is 0.304 e. The van der Waals surface area contributed by atoms with Gasteiger partial charge in [-0.05, 0) is 75.1 Å². The van der Waals surface area contributed by atoms with Crippen LogP contribution in [0, 0.1) is 13.8 Å². The number of hydrogen-bond acceptors (Lipinski definition) is 5. The second-order valence-corrected chi connectivity index (χ2v) is 14.0. The zero-order chi connectivity index (χ0) is 31.9. The molecule has 1 N–H and O–H groups in total. The fourth-order valence-corrected chi connectivity index (χ4v) is 5.78. The molecule has 3 aromatic carbocycles. The minimum absolute atomic E-state index is 0.0632. The number of aryl methyl sites for hydroxylation is 2. The van der Waals surface area contributed by atoms with Gasteiger partial charge in [-0.2, -0.15) is 12.7 Å². The van der Waals surface area contributed by atoms with Gasteiger partial charge in [0.05, 0.1) is 12.8 Å². The topological polar surface area (TPSA) is 99.3 Å². The summed E-state index contributed by atoms with van der Waals surface area (Å²) in [5, 5.41) is 3.04. The minimum Gasteiger partial charge on any atom is -0.497 e. The lowest BCUT2D eigenvalue weighted by Gasteiger charge is -2.36. The molecule has 0 unspecified atom stereocenters. The molecule has 0 radical (unpaired) electrons. The van der Waals surface area contributed by atoms with Crippen LogP contribution in [0.15, 0.2) is 72.8 Å².